The lowest BCUT2D eigenvalue weighted by Gasteiger charge is -2.28. The molecule has 1 aromatic rings. The number of hydrogen-bond acceptors (Lipinski definition) is 4. The highest BCUT2D eigenvalue weighted by Gasteiger charge is 2.32. The fraction of sp³-hybridized carbons (Fsp3) is 0.588. The normalized spacial score (nSPS) is 18.4. The van der Waals surface area contributed by atoms with Crippen LogP contribution in [0.1, 0.15) is 39.2 Å². The van der Waals surface area contributed by atoms with Gasteiger partial charge in [-0.15, -0.1) is 0 Å². The summed E-state index contributed by atoms with van der Waals surface area (Å²) in [5.74, 6) is 0.744. The van der Waals surface area contributed by atoms with Crippen LogP contribution in [0.3, 0.4) is 0 Å². The van der Waals surface area contributed by atoms with Crippen molar-refractivity contribution in [2.24, 2.45) is 0 Å². The molecule has 0 spiro atoms. The van der Waals surface area contributed by atoms with Gasteiger partial charge in [0.2, 0.25) is 0 Å². The summed E-state index contributed by atoms with van der Waals surface area (Å²) in [6.07, 6.45) is 1.64. The van der Waals surface area contributed by atoms with Crippen molar-refractivity contribution in [3.63, 3.8) is 0 Å². The van der Waals surface area contributed by atoms with Crippen LogP contribution >= 0.6 is 0 Å². The molecule has 0 unspecified atom stereocenters. The molecule has 2 N–H and O–H groups in total. The van der Waals surface area contributed by atoms with Crippen molar-refractivity contribution in [1.82, 2.24) is 4.90 Å². The van der Waals surface area contributed by atoms with Gasteiger partial charge in [-0.2, -0.15) is 0 Å². The molecular formula is C17H26N2O3. The smallest absolute Gasteiger partial charge is 0.410 e. The Bertz CT molecular complexity index is 517. The number of anilines is 1. The number of hydrogen-bond donors (Lipinski definition) is 1. The minimum absolute atomic E-state index is 0.0524. The van der Waals surface area contributed by atoms with Gasteiger partial charge < -0.3 is 20.1 Å². The van der Waals surface area contributed by atoms with Crippen LogP contribution in [0.4, 0.5) is 10.5 Å². The van der Waals surface area contributed by atoms with E-state index >= 15 is 0 Å². The first-order valence-corrected chi connectivity index (χ1v) is 7.74. The lowest BCUT2D eigenvalue weighted by molar-refractivity contribution is 0.0187. The van der Waals surface area contributed by atoms with Crippen molar-refractivity contribution < 1.29 is 14.3 Å². The van der Waals surface area contributed by atoms with Crippen molar-refractivity contribution in [3.05, 3.63) is 23.8 Å². The van der Waals surface area contributed by atoms with E-state index in [1.54, 1.807) is 11.0 Å². The number of aryl methyl sites for hydroxylation is 1. The van der Waals surface area contributed by atoms with Crippen LogP contribution in [0.25, 0.3) is 0 Å². The van der Waals surface area contributed by atoms with E-state index in [1.165, 1.54) is 0 Å². The van der Waals surface area contributed by atoms with Gasteiger partial charge in [-0.05, 0) is 58.2 Å². The summed E-state index contributed by atoms with van der Waals surface area (Å²) < 4.78 is 11.3. The Hall–Kier alpha value is -1.91. The van der Waals surface area contributed by atoms with Crippen molar-refractivity contribution in [2.45, 2.75) is 52.2 Å². The number of nitrogen functional groups attached to an aromatic ring is 1. The topological polar surface area (TPSA) is 64.8 Å². The molecule has 0 bridgehead atoms. The van der Waals surface area contributed by atoms with Crippen LogP contribution in [0.2, 0.25) is 0 Å². The predicted molar refractivity (Wildman–Crippen MR) is 87.0 cm³/mol. The quantitative estimate of drug-likeness (QED) is 0.870. The highest BCUT2D eigenvalue weighted by atomic mass is 16.6. The first kappa shape index (κ1) is 16.5. The molecule has 1 heterocycles. The minimum Gasteiger partial charge on any atom is -0.491 e. The Balaban J connectivity index is 1.95. The summed E-state index contributed by atoms with van der Waals surface area (Å²) in [6, 6.07) is 5.70. The van der Waals surface area contributed by atoms with Gasteiger partial charge in [0.05, 0.1) is 6.04 Å². The van der Waals surface area contributed by atoms with Gasteiger partial charge >= 0.3 is 6.09 Å². The van der Waals surface area contributed by atoms with Crippen LogP contribution in [-0.2, 0) is 4.74 Å². The number of nitrogens with zero attached hydrogens (tertiary/aromatic N) is 1. The van der Waals surface area contributed by atoms with E-state index in [2.05, 4.69) is 0 Å². The van der Waals surface area contributed by atoms with Crippen LogP contribution in [0.5, 0.6) is 5.75 Å². The third-order valence-corrected chi connectivity index (χ3v) is 3.52. The summed E-state index contributed by atoms with van der Waals surface area (Å²) >= 11 is 0. The maximum absolute atomic E-state index is 12.2. The second-order valence-corrected chi connectivity index (χ2v) is 6.86. The summed E-state index contributed by atoms with van der Waals surface area (Å²) in [7, 11) is 0. The number of benzene rings is 1. The van der Waals surface area contributed by atoms with Crippen molar-refractivity contribution in [3.8, 4) is 5.75 Å². The third kappa shape index (κ3) is 4.55. The van der Waals surface area contributed by atoms with Gasteiger partial charge in [-0.3, -0.25) is 0 Å². The van der Waals surface area contributed by atoms with Crippen molar-refractivity contribution in [1.29, 1.82) is 0 Å². The Labute approximate surface area is 132 Å². The Morgan fingerprint density at radius 1 is 1.36 bits per heavy atom. The maximum Gasteiger partial charge on any atom is 0.410 e. The van der Waals surface area contributed by atoms with Gasteiger partial charge in [-0.25, -0.2) is 4.79 Å². The van der Waals surface area contributed by atoms with Gasteiger partial charge in [0.1, 0.15) is 18.0 Å². The first-order chi connectivity index (χ1) is 10.2. The van der Waals surface area contributed by atoms with Crippen LogP contribution in [-0.4, -0.2) is 35.8 Å². The van der Waals surface area contributed by atoms with Gasteiger partial charge in [0.25, 0.3) is 0 Å². The molecule has 0 saturated carbocycles. The molecule has 1 aromatic carbocycles. The van der Waals surface area contributed by atoms with Gasteiger partial charge in [0.15, 0.2) is 0 Å². The van der Waals surface area contributed by atoms with E-state index in [1.807, 2.05) is 39.8 Å². The molecule has 1 fully saturated rings. The van der Waals surface area contributed by atoms with Gasteiger partial charge in [-0.1, -0.05) is 0 Å². The summed E-state index contributed by atoms with van der Waals surface area (Å²) in [5, 5.41) is 0. The van der Waals surface area contributed by atoms with Crippen LogP contribution in [0.15, 0.2) is 18.2 Å². The number of carbonyl (C=O) groups is 1. The van der Waals surface area contributed by atoms with Gasteiger partial charge in [0, 0.05) is 18.3 Å². The van der Waals surface area contributed by atoms with E-state index in [-0.39, 0.29) is 12.1 Å². The number of rotatable bonds is 3. The zero-order chi connectivity index (χ0) is 16.3. The highest BCUT2D eigenvalue weighted by molar-refractivity contribution is 5.69. The Morgan fingerprint density at radius 2 is 2.09 bits per heavy atom. The lowest BCUT2D eigenvalue weighted by atomic mass is 10.2. The lowest BCUT2D eigenvalue weighted by Crippen LogP contribution is -2.42. The zero-order valence-electron chi connectivity index (χ0n) is 13.9. The number of amides is 1. The highest BCUT2D eigenvalue weighted by Crippen LogP contribution is 2.23. The maximum atomic E-state index is 12.2. The average molecular weight is 306 g/mol. The third-order valence-electron chi connectivity index (χ3n) is 3.52. The molecule has 1 aliphatic rings. The summed E-state index contributed by atoms with van der Waals surface area (Å²) in [4.78, 5) is 14.0. The second-order valence-electron chi connectivity index (χ2n) is 6.86. The van der Waals surface area contributed by atoms with Crippen molar-refractivity contribution >= 4 is 11.8 Å². The van der Waals surface area contributed by atoms with E-state index in [9.17, 15) is 4.79 Å². The fourth-order valence-electron chi connectivity index (χ4n) is 2.62. The summed E-state index contributed by atoms with van der Waals surface area (Å²) in [5.41, 5.74) is 7.09. The van der Waals surface area contributed by atoms with E-state index in [0.29, 0.717) is 12.3 Å². The minimum atomic E-state index is -0.476. The summed E-state index contributed by atoms with van der Waals surface area (Å²) in [6.45, 7) is 8.79. The molecule has 5 nitrogen and oxygen atoms in total. The monoisotopic (exact) mass is 306 g/mol. The first-order valence-electron chi connectivity index (χ1n) is 7.74. The average Bonchev–Trinajstić information content (AvgIpc) is 2.81. The predicted octanol–water partition coefficient (Wildman–Crippen LogP) is 3.36. The largest absolute Gasteiger partial charge is 0.491 e. The molecule has 5 heteroatoms. The molecule has 2 rings (SSSR count). The van der Waals surface area contributed by atoms with Crippen LogP contribution in [0, 0.1) is 6.92 Å². The van der Waals surface area contributed by atoms with Crippen molar-refractivity contribution in [2.75, 3.05) is 18.9 Å². The molecule has 1 saturated heterocycles. The number of carbonyl (C=O) groups excluding carboxylic acids is 1. The van der Waals surface area contributed by atoms with E-state index in [4.69, 9.17) is 15.2 Å². The number of nitrogens with two attached hydrogens (primary N) is 1. The second kappa shape index (κ2) is 6.46. The Kier molecular flexibility index (Phi) is 4.84. The van der Waals surface area contributed by atoms with E-state index in [0.717, 1.165) is 30.7 Å². The fourth-order valence-corrected chi connectivity index (χ4v) is 2.62. The zero-order valence-corrected chi connectivity index (χ0v) is 13.9. The molecular weight excluding hydrogens is 280 g/mol. The molecule has 0 aliphatic carbocycles. The molecule has 22 heavy (non-hydrogen) atoms. The molecule has 0 aromatic heterocycles. The molecule has 0 radical (unpaired) electrons. The van der Waals surface area contributed by atoms with Crippen LogP contribution < -0.4 is 10.5 Å². The molecule has 122 valence electrons. The molecule has 1 atom stereocenters. The number of ether oxygens (including phenoxy) is 2. The molecule has 1 aliphatic heterocycles. The number of likely N-dealkylation sites (tertiary alicyclic amines) is 1. The standard InChI is InChI=1S/C17H26N2O3/c1-12-8-13(18)10-15(9-12)21-11-14-6-5-7-19(14)16(20)22-17(2,3)4/h8-10,14H,5-7,11,18H2,1-4H3/t14-/m0/s1. The Morgan fingerprint density at radius 3 is 2.73 bits per heavy atom. The van der Waals surface area contributed by atoms with E-state index < -0.39 is 5.60 Å². The molecule has 1 amide bonds. The SMILES string of the molecule is Cc1cc(N)cc(OC[C@@H]2CCCN2C(=O)OC(C)(C)C)c1.